The van der Waals surface area contributed by atoms with E-state index in [1.54, 1.807) is 29.0 Å². The van der Waals surface area contributed by atoms with E-state index < -0.39 is 0 Å². The van der Waals surface area contributed by atoms with Crippen LogP contribution in [-0.4, -0.2) is 73.2 Å². The van der Waals surface area contributed by atoms with E-state index in [1.807, 2.05) is 36.4 Å². The number of halogens is 1. The van der Waals surface area contributed by atoms with Crippen LogP contribution in [0.25, 0.3) is 22.3 Å². The fourth-order valence-corrected chi connectivity index (χ4v) is 5.03. The van der Waals surface area contributed by atoms with Crippen LogP contribution in [0.15, 0.2) is 48.5 Å². The highest BCUT2D eigenvalue weighted by Crippen LogP contribution is 2.41. The van der Waals surface area contributed by atoms with Crippen molar-refractivity contribution in [3.8, 4) is 28.0 Å². The van der Waals surface area contributed by atoms with Crippen LogP contribution in [-0.2, 0) is 4.79 Å². The first kappa shape index (κ1) is 24.9. The van der Waals surface area contributed by atoms with Gasteiger partial charge < -0.3 is 25.5 Å². The van der Waals surface area contributed by atoms with E-state index in [4.69, 9.17) is 11.6 Å². The van der Waals surface area contributed by atoms with Crippen LogP contribution in [0.4, 0.5) is 22.1 Å². The molecule has 2 saturated heterocycles. The average Bonchev–Trinajstić information content (AvgIpc) is 3.21. The Balaban J connectivity index is 1.52. The molecule has 0 saturated carbocycles. The van der Waals surface area contributed by atoms with Crippen molar-refractivity contribution < 1.29 is 14.7 Å². The van der Waals surface area contributed by atoms with E-state index in [0.29, 0.717) is 40.7 Å². The van der Waals surface area contributed by atoms with Crippen LogP contribution in [0, 0.1) is 0 Å². The minimum atomic E-state index is -0.216. The monoisotopic (exact) mass is 520 g/mol. The number of nitrogens with one attached hydrogen (secondary N) is 2. The number of benzene rings is 2. The van der Waals surface area contributed by atoms with Gasteiger partial charge in [-0.25, -0.2) is 9.78 Å². The van der Waals surface area contributed by atoms with E-state index in [1.165, 1.54) is 6.92 Å². The third kappa shape index (κ3) is 5.05. The molecule has 1 aromatic heterocycles. The zero-order valence-electron chi connectivity index (χ0n) is 20.8. The molecule has 0 atom stereocenters. The van der Waals surface area contributed by atoms with Gasteiger partial charge >= 0.3 is 6.03 Å². The number of phenols is 1. The maximum absolute atomic E-state index is 12.4. The first-order valence-corrected chi connectivity index (χ1v) is 12.6. The Morgan fingerprint density at radius 2 is 1.76 bits per heavy atom. The normalized spacial score (nSPS) is 15.9. The highest BCUT2D eigenvalue weighted by atomic mass is 35.5. The maximum Gasteiger partial charge on any atom is 0.324 e. The number of pyridine rings is 1. The second-order valence-corrected chi connectivity index (χ2v) is 9.65. The Bertz CT molecular complexity index is 1360. The second-order valence-electron chi connectivity index (χ2n) is 9.24. The molecule has 0 radical (unpaired) electrons. The summed E-state index contributed by atoms with van der Waals surface area (Å²) in [4.78, 5) is 34.3. The minimum Gasteiger partial charge on any atom is -0.507 e. The molecule has 0 aliphatic carbocycles. The predicted molar refractivity (Wildman–Crippen MR) is 147 cm³/mol. The van der Waals surface area contributed by atoms with Crippen LogP contribution in [0.5, 0.6) is 5.75 Å². The Kier molecular flexibility index (Phi) is 6.90. The number of para-hydroxylation sites is 1. The van der Waals surface area contributed by atoms with Gasteiger partial charge in [0.2, 0.25) is 5.91 Å². The molecule has 0 bridgehead atoms. The Morgan fingerprint density at radius 3 is 2.41 bits per heavy atom. The number of hydrogen-bond donors (Lipinski definition) is 3. The highest BCUT2D eigenvalue weighted by Gasteiger charge is 2.28. The first-order valence-electron chi connectivity index (χ1n) is 12.2. The Labute approximate surface area is 220 Å². The lowest BCUT2D eigenvalue weighted by Gasteiger charge is -2.29. The Morgan fingerprint density at radius 1 is 1.03 bits per heavy atom. The number of anilines is 3. The molecule has 3 N–H and O–H groups in total. The van der Waals surface area contributed by atoms with Gasteiger partial charge in [-0.3, -0.25) is 9.69 Å². The number of carbonyl (C=O) groups excluding carboxylic acids is 2. The lowest BCUT2D eigenvalue weighted by Crippen LogP contribution is -2.43. The SMILES string of the molecule is CC(=O)Nc1cc(-c2cccc(-c3ccc(N4CCN(C)C4=O)c(Cl)c3)c2O)cc(N2CCNCC2)n1. The van der Waals surface area contributed by atoms with E-state index in [9.17, 15) is 14.7 Å². The molecule has 3 heterocycles. The van der Waals surface area contributed by atoms with E-state index in [2.05, 4.69) is 20.5 Å². The predicted octanol–water partition coefficient (Wildman–Crippen LogP) is 4.01. The van der Waals surface area contributed by atoms with Gasteiger partial charge in [0.15, 0.2) is 0 Å². The number of amides is 3. The highest BCUT2D eigenvalue weighted by molar-refractivity contribution is 6.34. The van der Waals surface area contributed by atoms with Crippen molar-refractivity contribution in [1.29, 1.82) is 0 Å². The van der Waals surface area contributed by atoms with Crippen LogP contribution >= 0.6 is 11.6 Å². The number of likely N-dealkylation sites (N-methyl/N-ethyl adjacent to an activating group) is 1. The summed E-state index contributed by atoms with van der Waals surface area (Å²) < 4.78 is 0. The number of piperazine rings is 1. The lowest BCUT2D eigenvalue weighted by molar-refractivity contribution is -0.114. The largest absolute Gasteiger partial charge is 0.507 e. The Hall–Kier alpha value is -3.82. The van der Waals surface area contributed by atoms with Crippen LogP contribution in [0.3, 0.4) is 0 Å². The smallest absolute Gasteiger partial charge is 0.324 e. The summed E-state index contributed by atoms with van der Waals surface area (Å²) >= 11 is 6.60. The average molecular weight is 521 g/mol. The summed E-state index contributed by atoms with van der Waals surface area (Å²) in [6.07, 6.45) is 0. The zero-order valence-corrected chi connectivity index (χ0v) is 21.5. The van der Waals surface area contributed by atoms with Gasteiger partial charge in [-0.15, -0.1) is 0 Å². The van der Waals surface area contributed by atoms with Crippen molar-refractivity contribution in [2.45, 2.75) is 6.92 Å². The van der Waals surface area contributed by atoms with Crippen molar-refractivity contribution in [3.05, 3.63) is 53.6 Å². The summed E-state index contributed by atoms with van der Waals surface area (Å²) in [5.74, 6) is 1.04. The fourth-order valence-electron chi connectivity index (χ4n) is 4.75. The van der Waals surface area contributed by atoms with Gasteiger partial charge in [0, 0.05) is 64.4 Å². The zero-order chi connectivity index (χ0) is 26.1. The number of hydrogen-bond acceptors (Lipinski definition) is 6. The number of carbonyl (C=O) groups is 2. The van der Waals surface area contributed by atoms with E-state index >= 15 is 0 Å². The van der Waals surface area contributed by atoms with Gasteiger partial charge in [-0.05, 0) is 35.4 Å². The molecule has 37 heavy (non-hydrogen) atoms. The molecule has 10 heteroatoms. The molecule has 3 aromatic rings. The fraction of sp³-hybridized carbons (Fsp3) is 0.296. The number of rotatable bonds is 5. The van der Waals surface area contributed by atoms with Crippen molar-refractivity contribution >= 4 is 40.9 Å². The van der Waals surface area contributed by atoms with Gasteiger partial charge in [0.1, 0.15) is 17.4 Å². The lowest BCUT2D eigenvalue weighted by atomic mass is 9.97. The number of aromatic nitrogens is 1. The van der Waals surface area contributed by atoms with Crippen molar-refractivity contribution in [2.24, 2.45) is 0 Å². The van der Waals surface area contributed by atoms with Gasteiger partial charge in [0.25, 0.3) is 0 Å². The number of urea groups is 1. The quantitative estimate of drug-likeness (QED) is 0.470. The molecular formula is C27H29ClN6O3. The molecule has 2 aromatic carbocycles. The summed E-state index contributed by atoms with van der Waals surface area (Å²) in [6.45, 7) is 5.93. The molecule has 5 rings (SSSR count). The molecule has 2 fully saturated rings. The van der Waals surface area contributed by atoms with Crippen LogP contribution < -0.4 is 20.4 Å². The number of nitrogens with zero attached hydrogens (tertiary/aromatic N) is 4. The molecule has 9 nitrogen and oxygen atoms in total. The number of aromatic hydroxyl groups is 1. The summed E-state index contributed by atoms with van der Waals surface area (Å²) in [5.41, 5.74) is 3.33. The summed E-state index contributed by atoms with van der Waals surface area (Å²) in [5, 5.41) is 17.9. The molecule has 0 spiro atoms. The van der Waals surface area contributed by atoms with Crippen molar-refractivity contribution in [2.75, 3.05) is 61.4 Å². The summed E-state index contributed by atoms with van der Waals surface area (Å²) in [6, 6.07) is 14.6. The van der Waals surface area contributed by atoms with Crippen molar-refractivity contribution in [1.82, 2.24) is 15.2 Å². The third-order valence-electron chi connectivity index (χ3n) is 6.67. The minimum absolute atomic E-state index is 0.0903. The van der Waals surface area contributed by atoms with Crippen molar-refractivity contribution in [3.63, 3.8) is 0 Å². The van der Waals surface area contributed by atoms with Gasteiger partial charge in [-0.1, -0.05) is 35.9 Å². The van der Waals surface area contributed by atoms with Crippen LogP contribution in [0.2, 0.25) is 5.02 Å². The molecule has 2 aliphatic rings. The first-order chi connectivity index (χ1) is 17.8. The molecular weight excluding hydrogens is 492 g/mol. The van der Waals surface area contributed by atoms with Gasteiger partial charge in [-0.2, -0.15) is 0 Å². The molecule has 2 aliphatic heterocycles. The third-order valence-corrected chi connectivity index (χ3v) is 6.97. The van der Waals surface area contributed by atoms with E-state index in [-0.39, 0.29) is 17.7 Å². The standard InChI is InChI=1S/C27H29ClN6O3/c1-17(35)30-24-15-19(16-25(31-24)33-10-8-29-9-11-33)21-5-3-4-20(26(21)36)18-6-7-23(22(28)14-18)34-13-12-32(2)27(34)37/h3-7,14-16,29,36H,8-13H2,1-2H3,(H,30,31,35). The van der Waals surface area contributed by atoms with Gasteiger partial charge in [0.05, 0.1) is 10.7 Å². The van der Waals surface area contributed by atoms with Crippen LogP contribution in [0.1, 0.15) is 6.92 Å². The van der Waals surface area contributed by atoms with E-state index in [0.717, 1.165) is 43.1 Å². The maximum atomic E-state index is 12.4. The number of phenolic OH excluding ortho intramolecular Hbond substituents is 1. The molecule has 3 amide bonds. The molecule has 192 valence electrons. The molecule has 0 unspecified atom stereocenters. The summed E-state index contributed by atoms with van der Waals surface area (Å²) in [7, 11) is 1.76. The topological polar surface area (TPSA) is 101 Å². The second kappa shape index (κ2) is 10.3.